The summed E-state index contributed by atoms with van der Waals surface area (Å²) in [6.45, 7) is 5.93. The lowest BCUT2D eigenvalue weighted by molar-refractivity contribution is -0.123. The molecule has 0 saturated heterocycles. The predicted octanol–water partition coefficient (Wildman–Crippen LogP) is 4.46. The number of rotatable bonds is 7. The van der Waals surface area contributed by atoms with E-state index >= 15 is 0 Å². The van der Waals surface area contributed by atoms with Crippen LogP contribution in [0.3, 0.4) is 0 Å². The van der Waals surface area contributed by atoms with Crippen molar-refractivity contribution < 1.29 is 9.59 Å². The van der Waals surface area contributed by atoms with Gasteiger partial charge in [-0.3, -0.25) is 9.59 Å². The van der Waals surface area contributed by atoms with Crippen molar-refractivity contribution in [2.45, 2.75) is 46.0 Å². The maximum Gasteiger partial charge on any atom is 0.224 e. The van der Waals surface area contributed by atoms with Crippen LogP contribution in [0.2, 0.25) is 0 Å². The van der Waals surface area contributed by atoms with Crippen LogP contribution in [0.15, 0.2) is 42.5 Å². The molecule has 4 heteroatoms. The molecule has 1 amide bonds. The molecule has 0 aliphatic heterocycles. The highest BCUT2D eigenvalue weighted by molar-refractivity contribution is 5.96. The molecular formula is C22H24N2O2. The van der Waals surface area contributed by atoms with Crippen LogP contribution in [0.1, 0.15) is 47.9 Å². The maximum absolute atomic E-state index is 12.4. The number of nitrogens with zero attached hydrogens (tertiary/aromatic N) is 1. The number of ketones is 1. The molecule has 134 valence electrons. The van der Waals surface area contributed by atoms with E-state index in [2.05, 4.69) is 11.4 Å². The quantitative estimate of drug-likeness (QED) is 0.803. The number of carbonyl (C=O) groups is 2. The van der Waals surface area contributed by atoms with Crippen LogP contribution in [0, 0.1) is 25.2 Å². The van der Waals surface area contributed by atoms with Crippen LogP contribution in [0.25, 0.3) is 0 Å². The van der Waals surface area contributed by atoms with Crippen molar-refractivity contribution in [3.05, 3.63) is 64.7 Å². The second-order valence-electron chi connectivity index (χ2n) is 6.45. The summed E-state index contributed by atoms with van der Waals surface area (Å²) < 4.78 is 0. The number of Topliss-reactive ketones (excluding diaryl/α,β-unsaturated/α-hetero) is 1. The van der Waals surface area contributed by atoms with Crippen molar-refractivity contribution in [3.63, 3.8) is 0 Å². The molecule has 0 saturated carbocycles. The van der Waals surface area contributed by atoms with Gasteiger partial charge >= 0.3 is 0 Å². The molecule has 0 aromatic heterocycles. The van der Waals surface area contributed by atoms with E-state index in [1.807, 2.05) is 51.1 Å². The average Bonchev–Trinajstić information content (AvgIpc) is 2.63. The lowest BCUT2D eigenvalue weighted by atomic mass is 9.93. The highest BCUT2D eigenvalue weighted by Crippen LogP contribution is 2.22. The topological polar surface area (TPSA) is 70.0 Å². The van der Waals surface area contributed by atoms with Gasteiger partial charge in [0.25, 0.3) is 0 Å². The smallest absolute Gasteiger partial charge is 0.224 e. The Balaban J connectivity index is 1.99. The highest BCUT2D eigenvalue weighted by Gasteiger charge is 2.21. The summed E-state index contributed by atoms with van der Waals surface area (Å²) in [4.78, 5) is 24.7. The summed E-state index contributed by atoms with van der Waals surface area (Å²) >= 11 is 0. The maximum atomic E-state index is 12.4. The zero-order valence-corrected chi connectivity index (χ0v) is 15.5. The minimum Gasteiger partial charge on any atom is -0.326 e. The second-order valence-corrected chi connectivity index (χ2v) is 6.45. The monoisotopic (exact) mass is 348 g/mol. The van der Waals surface area contributed by atoms with Crippen LogP contribution < -0.4 is 5.32 Å². The molecule has 0 heterocycles. The third kappa shape index (κ3) is 4.80. The minimum absolute atomic E-state index is 0.0469. The zero-order chi connectivity index (χ0) is 19.1. The summed E-state index contributed by atoms with van der Waals surface area (Å²) in [5.74, 6) is -1.26. The van der Waals surface area contributed by atoms with Crippen molar-refractivity contribution in [1.29, 1.82) is 5.26 Å². The second kappa shape index (κ2) is 8.96. The molecule has 1 N–H and O–H groups in total. The van der Waals surface area contributed by atoms with E-state index in [4.69, 9.17) is 0 Å². The van der Waals surface area contributed by atoms with E-state index in [0.717, 1.165) is 28.8 Å². The SMILES string of the molecule is CCc1cccc(C)c1NC(=O)CCC(=O)[C@H](C#N)c1ccc(C)cc1. The number of nitrogens with one attached hydrogen (secondary N) is 1. The Morgan fingerprint density at radius 3 is 2.38 bits per heavy atom. The minimum atomic E-state index is -0.826. The van der Waals surface area contributed by atoms with Gasteiger partial charge in [-0.15, -0.1) is 0 Å². The van der Waals surface area contributed by atoms with Crippen LogP contribution in [-0.2, 0) is 16.0 Å². The Kier molecular flexibility index (Phi) is 6.68. The Bertz CT molecular complexity index is 832. The standard InChI is InChI=1S/C22H24N2O2/c1-4-17-7-5-6-16(3)22(17)24-21(26)13-12-20(25)19(14-23)18-10-8-15(2)9-11-18/h5-11,19H,4,12-13H2,1-3H3,(H,24,26)/t19-/m1/s1. The number of amides is 1. The van der Waals surface area contributed by atoms with Crippen LogP contribution >= 0.6 is 0 Å². The van der Waals surface area contributed by atoms with E-state index in [1.165, 1.54) is 0 Å². The van der Waals surface area contributed by atoms with Crippen molar-refractivity contribution >= 4 is 17.4 Å². The van der Waals surface area contributed by atoms with Gasteiger partial charge in [0, 0.05) is 18.5 Å². The van der Waals surface area contributed by atoms with Gasteiger partial charge in [0.05, 0.1) is 6.07 Å². The Hall–Kier alpha value is -2.93. The first kappa shape index (κ1) is 19.4. The van der Waals surface area contributed by atoms with Gasteiger partial charge < -0.3 is 5.32 Å². The van der Waals surface area contributed by atoms with Crippen LogP contribution in [-0.4, -0.2) is 11.7 Å². The molecule has 0 bridgehead atoms. The van der Waals surface area contributed by atoms with Crippen molar-refractivity contribution in [1.82, 2.24) is 0 Å². The van der Waals surface area contributed by atoms with Gasteiger partial charge in [-0.05, 0) is 37.0 Å². The molecule has 2 aromatic rings. The van der Waals surface area contributed by atoms with Crippen molar-refractivity contribution in [2.24, 2.45) is 0 Å². The van der Waals surface area contributed by atoms with Gasteiger partial charge in [-0.25, -0.2) is 0 Å². The number of aryl methyl sites for hydroxylation is 3. The molecule has 2 rings (SSSR count). The molecule has 0 aliphatic carbocycles. The van der Waals surface area contributed by atoms with Gasteiger partial charge in [-0.2, -0.15) is 5.26 Å². The van der Waals surface area contributed by atoms with E-state index in [-0.39, 0.29) is 24.5 Å². The molecule has 0 spiro atoms. The largest absolute Gasteiger partial charge is 0.326 e. The zero-order valence-electron chi connectivity index (χ0n) is 15.5. The number of benzene rings is 2. The Morgan fingerprint density at radius 2 is 1.77 bits per heavy atom. The number of para-hydroxylation sites is 1. The fourth-order valence-electron chi connectivity index (χ4n) is 2.88. The first-order valence-electron chi connectivity index (χ1n) is 8.83. The van der Waals surface area contributed by atoms with Crippen LogP contribution in [0.5, 0.6) is 0 Å². The fraction of sp³-hybridized carbons (Fsp3) is 0.318. The Labute approximate surface area is 154 Å². The van der Waals surface area contributed by atoms with Crippen molar-refractivity contribution in [2.75, 3.05) is 5.32 Å². The molecule has 0 unspecified atom stereocenters. The summed E-state index contributed by atoms with van der Waals surface area (Å²) in [5.41, 5.74) is 4.64. The fourth-order valence-corrected chi connectivity index (χ4v) is 2.88. The highest BCUT2D eigenvalue weighted by atomic mass is 16.2. The molecular weight excluding hydrogens is 324 g/mol. The van der Waals surface area contributed by atoms with E-state index in [0.29, 0.717) is 5.56 Å². The van der Waals surface area contributed by atoms with Gasteiger partial charge in [0.15, 0.2) is 5.78 Å². The number of hydrogen-bond donors (Lipinski definition) is 1. The van der Waals surface area contributed by atoms with Gasteiger partial charge in [0.2, 0.25) is 5.91 Å². The lowest BCUT2D eigenvalue weighted by Gasteiger charge is -2.13. The summed E-state index contributed by atoms with van der Waals surface area (Å²) in [5, 5.41) is 12.3. The molecule has 2 aromatic carbocycles. The summed E-state index contributed by atoms with van der Waals surface area (Å²) in [6.07, 6.45) is 0.936. The molecule has 4 nitrogen and oxygen atoms in total. The first-order valence-corrected chi connectivity index (χ1v) is 8.83. The van der Waals surface area contributed by atoms with E-state index in [1.54, 1.807) is 12.1 Å². The van der Waals surface area contributed by atoms with E-state index in [9.17, 15) is 14.9 Å². The number of carbonyl (C=O) groups excluding carboxylic acids is 2. The summed E-state index contributed by atoms with van der Waals surface area (Å²) in [6, 6.07) is 15.3. The normalized spacial score (nSPS) is 11.5. The third-order valence-electron chi connectivity index (χ3n) is 4.46. The molecule has 26 heavy (non-hydrogen) atoms. The lowest BCUT2D eigenvalue weighted by Crippen LogP contribution is -2.18. The molecule has 0 radical (unpaired) electrons. The molecule has 0 fully saturated rings. The van der Waals surface area contributed by atoms with Crippen LogP contribution in [0.4, 0.5) is 5.69 Å². The van der Waals surface area contributed by atoms with E-state index < -0.39 is 5.92 Å². The van der Waals surface area contributed by atoms with Crippen molar-refractivity contribution in [3.8, 4) is 6.07 Å². The number of hydrogen-bond acceptors (Lipinski definition) is 3. The third-order valence-corrected chi connectivity index (χ3v) is 4.46. The predicted molar refractivity (Wildman–Crippen MR) is 103 cm³/mol. The number of nitriles is 1. The number of anilines is 1. The molecule has 1 atom stereocenters. The molecule has 0 aliphatic rings. The summed E-state index contributed by atoms with van der Waals surface area (Å²) in [7, 11) is 0. The van der Waals surface area contributed by atoms with Gasteiger partial charge in [0.1, 0.15) is 5.92 Å². The first-order chi connectivity index (χ1) is 12.5. The Morgan fingerprint density at radius 1 is 1.08 bits per heavy atom. The van der Waals surface area contributed by atoms with Gasteiger partial charge in [-0.1, -0.05) is 55.0 Å². The average molecular weight is 348 g/mol.